The third-order valence-corrected chi connectivity index (χ3v) is 8.57. The van der Waals surface area contributed by atoms with E-state index in [1.807, 2.05) is 78.9 Å². The molecule has 4 aromatic rings. The van der Waals surface area contributed by atoms with Gasteiger partial charge in [0.05, 0.1) is 30.8 Å². The van der Waals surface area contributed by atoms with Gasteiger partial charge in [-0.25, -0.2) is 4.21 Å². The molecular weight excluding hydrogens is 534 g/mol. The smallest absolute Gasteiger partial charge is 0.262 e. The van der Waals surface area contributed by atoms with E-state index in [-0.39, 0.29) is 18.4 Å². The summed E-state index contributed by atoms with van der Waals surface area (Å²) in [7, 11) is 2.10. The average molecular weight is 572 g/mol. The summed E-state index contributed by atoms with van der Waals surface area (Å²) < 4.78 is 30.7. The number of nitrogens with zero attached hydrogens (tertiary/aromatic N) is 2. The van der Waals surface area contributed by atoms with Gasteiger partial charge in [-0.05, 0) is 61.0 Å². The van der Waals surface area contributed by atoms with E-state index in [0.29, 0.717) is 24.8 Å². The summed E-state index contributed by atoms with van der Waals surface area (Å²) in [6, 6.07) is 28.7. The Bertz CT molecular complexity index is 1530. The number of nitrogens with one attached hydrogen (secondary N) is 1. The van der Waals surface area contributed by atoms with Crippen LogP contribution >= 0.6 is 0 Å². The lowest BCUT2D eigenvalue weighted by atomic mass is 9.97. The maximum Gasteiger partial charge on any atom is 0.262 e. The Morgan fingerprint density at radius 3 is 2.46 bits per heavy atom. The van der Waals surface area contributed by atoms with Gasteiger partial charge in [-0.2, -0.15) is 0 Å². The zero-order valence-corrected chi connectivity index (χ0v) is 24.5. The van der Waals surface area contributed by atoms with Gasteiger partial charge in [-0.1, -0.05) is 72.8 Å². The van der Waals surface area contributed by atoms with E-state index in [1.165, 1.54) is 4.31 Å². The van der Waals surface area contributed by atoms with Crippen LogP contribution in [-0.4, -0.2) is 39.3 Å². The minimum atomic E-state index is -2.37. The SMILES string of the molecule is CC(C)N(C)Cc1ccc2c(c1)OCCC2NC(=O)CC(c1ccccc1)N(c1ccc2ccccc2c1)S(=O)O. The molecule has 1 aliphatic heterocycles. The first-order valence-electron chi connectivity index (χ1n) is 14.0. The molecule has 2 N–H and O–H groups in total. The Labute approximate surface area is 244 Å². The summed E-state index contributed by atoms with van der Waals surface area (Å²) in [5.41, 5.74) is 3.47. The first-order chi connectivity index (χ1) is 19.8. The molecule has 4 aromatic carbocycles. The molecule has 214 valence electrons. The zero-order chi connectivity index (χ0) is 28.9. The van der Waals surface area contributed by atoms with Crippen LogP contribution in [0.15, 0.2) is 91.0 Å². The largest absolute Gasteiger partial charge is 0.493 e. The number of amides is 1. The number of anilines is 1. The summed E-state index contributed by atoms with van der Waals surface area (Å²) in [5.74, 6) is 0.599. The van der Waals surface area contributed by atoms with E-state index in [9.17, 15) is 13.6 Å². The number of carbonyl (C=O) groups excluding carboxylic acids is 1. The van der Waals surface area contributed by atoms with Crippen LogP contribution in [0.5, 0.6) is 5.75 Å². The second-order valence-corrected chi connectivity index (χ2v) is 11.7. The second kappa shape index (κ2) is 12.9. The third-order valence-electron chi connectivity index (χ3n) is 7.77. The van der Waals surface area contributed by atoms with Gasteiger partial charge in [0.1, 0.15) is 5.75 Å². The van der Waals surface area contributed by atoms with E-state index in [2.05, 4.69) is 43.2 Å². The van der Waals surface area contributed by atoms with Crippen LogP contribution in [-0.2, 0) is 22.6 Å². The van der Waals surface area contributed by atoms with Gasteiger partial charge in [0, 0.05) is 24.6 Å². The van der Waals surface area contributed by atoms with Crippen LogP contribution in [0.4, 0.5) is 5.69 Å². The molecule has 0 saturated heterocycles. The highest BCUT2D eigenvalue weighted by molar-refractivity contribution is 7.80. The lowest BCUT2D eigenvalue weighted by Gasteiger charge is -2.32. The van der Waals surface area contributed by atoms with Gasteiger partial charge in [0.25, 0.3) is 11.3 Å². The van der Waals surface area contributed by atoms with Gasteiger partial charge < -0.3 is 10.1 Å². The standard InChI is InChI=1S/C33H37N3O4S/c1-23(2)35(3)22-24-13-16-29-30(17-18-40-32(29)19-24)34-33(37)21-31(26-10-5-4-6-11-26)36(41(38)39)28-15-14-25-9-7-8-12-27(25)20-28/h4-16,19-20,23,30-31H,17-18,21-22H2,1-3H3,(H,34,37)(H,38,39). The van der Waals surface area contributed by atoms with Crippen molar-refractivity contribution in [3.63, 3.8) is 0 Å². The number of rotatable bonds is 10. The molecule has 0 saturated carbocycles. The van der Waals surface area contributed by atoms with E-state index in [1.54, 1.807) is 0 Å². The fourth-order valence-corrected chi connectivity index (χ4v) is 5.99. The fraction of sp³-hybridized carbons (Fsp3) is 0.303. The molecular formula is C33H37N3O4S. The molecule has 41 heavy (non-hydrogen) atoms. The number of ether oxygens (including phenoxy) is 1. The Hall–Kier alpha value is -3.72. The van der Waals surface area contributed by atoms with Gasteiger partial charge >= 0.3 is 0 Å². The molecule has 0 bridgehead atoms. The number of carbonyl (C=O) groups is 1. The van der Waals surface area contributed by atoms with E-state index in [4.69, 9.17) is 4.74 Å². The van der Waals surface area contributed by atoms with Crippen molar-refractivity contribution in [3.8, 4) is 5.75 Å². The first-order valence-corrected chi connectivity index (χ1v) is 15.1. The average Bonchev–Trinajstić information content (AvgIpc) is 2.97. The number of hydrogen-bond acceptors (Lipinski definition) is 4. The molecule has 1 amide bonds. The molecule has 1 heterocycles. The van der Waals surface area contributed by atoms with Crippen LogP contribution in [0.3, 0.4) is 0 Å². The van der Waals surface area contributed by atoms with Crippen LogP contribution in [0.1, 0.15) is 55.5 Å². The Morgan fingerprint density at radius 2 is 1.73 bits per heavy atom. The fourth-order valence-electron chi connectivity index (χ4n) is 5.29. The monoisotopic (exact) mass is 571 g/mol. The maximum absolute atomic E-state index is 13.6. The number of fused-ring (bicyclic) bond motifs is 2. The van der Waals surface area contributed by atoms with Crippen molar-refractivity contribution >= 4 is 33.6 Å². The van der Waals surface area contributed by atoms with Crippen LogP contribution in [0.25, 0.3) is 10.8 Å². The van der Waals surface area contributed by atoms with Crippen molar-refractivity contribution in [2.24, 2.45) is 0 Å². The summed E-state index contributed by atoms with van der Waals surface area (Å²) in [4.78, 5) is 15.9. The molecule has 0 aliphatic carbocycles. The highest BCUT2D eigenvalue weighted by Gasteiger charge is 2.30. The van der Waals surface area contributed by atoms with E-state index < -0.39 is 17.3 Å². The molecule has 3 atom stereocenters. The van der Waals surface area contributed by atoms with Gasteiger partial charge in [0.2, 0.25) is 5.91 Å². The summed E-state index contributed by atoms with van der Waals surface area (Å²) in [6.07, 6.45) is 0.660. The molecule has 0 radical (unpaired) electrons. The van der Waals surface area contributed by atoms with Crippen LogP contribution < -0.4 is 14.4 Å². The molecule has 0 spiro atoms. The molecule has 0 aromatic heterocycles. The summed E-state index contributed by atoms with van der Waals surface area (Å²) >= 11 is -2.37. The normalized spacial score (nSPS) is 16.2. The Morgan fingerprint density at radius 1 is 1.00 bits per heavy atom. The van der Waals surface area contributed by atoms with Crippen molar-refractivity contribution in [3.05, 3.63) is 108 Å². The van der Waals surface area contributed by atoms with Crippen molar-refractivity contribution in [2.75, 3.05) is 18.0 Å². The van der Waals surface area contributed by atoms with Crippen molar-refractivity contribution in [1.82, 2.24) is 10.2 Å². The quantitative estimate of drug-likeness (QED) is 0.216. The molecule has 5 rings (SSSR count). The van der Waals surface area contributed by atoms with Crippen molar-refractivity contribution < 1.29 is 18.3 Å². The number of hydrogen-bond donors (Lipinski definition) is 2. The predicted molar refractivity (Wildman–Crippen MR) is 165 cm³/mol. The third kappa shape index (κ3) is 6.78. The molecule has 7 nitrogen and oxygen atoms in total. The molecule has 3 unspecified atom stereocenters. The Balaban J connectivity index is 1.39. The Kier molecular flexibility index (Phi) is 9.03. The van der Waals surface area contributed by atoms with E-state index >= 15 is 0 Å². The second-order valence-electron chi connectivity index (χ2n) is 10.9. The zero-order valence-electron chi connectivity index (χ0n) is 23.7. The lowest BCUT2D eigenvalue weighted by molar-refractivity contribution is -0.122. The van der Waals surface area contributed by atoms with Crippen LogP contribution in [0.2, 0.25) is 0 Å². The molecule has 8 heteroatoms. The highest BCUT2D eigenvalue weighted by Crippen LogP contribution is 2.36. The number of benzene rings is 4. The van der Waals surface area contributed by atoms with Crippen molar-refractivity contribution in [1.29, 1.82) is 0 Å². The summed E-state index contributed by atoms with van der Waals surface area (Å²) in [5, 5.41) is 5.18. The van der Waals surface area contributed by atoms with Gasteiger partial charge in [0.15, 0.2) is 0 Å². The molecule has 0 fully saturated rings. The topological polar surface area (TPSA) is 82.1 Å². The van der Waals surface area contributed by atoms with Crippen LogP contribution in [0, 0.1) is 0 Å². The first kappa shape index (κ1) is 28.8. The maximum atomic E-state index is 13.6. The summed E-state index contributed by atoms with van der Waals surface area (Å²) in [6.45, 7) is 5.65. The van der Waals surface area contributed by atoms with Gasteiger partial charge in [-0.3, -0.25) is 18.6 Å². The lowest BCUT2D eigenvalue weighted by Crippen LogP contribution is -2.37. The van der Waals surface area contributed by atoms with E-state index in [0.717, 1.165) is 39.8 Å². The highest BCUT2D eigenvalue weighted by atomic mass is 32.2. The predicted octanol–water partition coefficient (Wildman–Crippen LogP) is 6.39. The van der Waals surface area contributed by atoms with Crippen molar-refractivity contribution in [2.45, 2.75) is 51.4 Å². The minimum absolute atomic E-state index is 0.00704. The van der Waals surface area contributed by atoms with Gasteiger partial charge in [-0.15, -0.1) is 0 Å². The molecule has 1 aliphatic rings. The minimum Gasteiger partial charge on any atom is -0.493 e.